The number of aldehydes is 1. The van der Waals surface area contributed by atoms with Gasteiger partial charge >= 0.3 is 0 Å². The van der Waals surface area contributed by atoms with Crippen molar-refractivity contribution in [3.63, 3.8) is 0 Å². The van der Waals surface area contributed by atoms with Crippen molar-refractivity contribution in [1.29, 1.82) is 0 Å². The first-order chi connectivity index (χ1) is 16.9. The summed E-state index contributed by atoms with van der Waals surface area (Å²) in [6.45, 7) is 9.79. The molecule has 2 rings (SSSR count). The molecule has 1 aromatic carbocycles. The van der Waals surface area contributed by atoms with Gasteiger partial charge in [-0.05, 0) is 78.7 Å². The van der Waals surface area contributed by atoms with E-state index in [-0.39, 0.29) is 5.78 Å². The zero-order valence-electron chi connectivity index (χ0n) is 22.6. The van der Waals surface area contributed by atoms with Gasteiger partial charge in [-0.25, -0.2) is 0 Å². The number of carbonyl (C=O) groups is 1. The standard InChI is InChI=1S/C30H48N3OP/c1-6-10-24-21-26(14-13-25(24)20-23(3)4)29(17-19-34)35-30-16-15-28(22-33(30)5)32-27(11-7-2)12-8-9-18-31/h13-17,19,21-23,27,30,32,35H,6-12,18,20,31H2,1-5H3/b29-17-. The Morgan fingerprint density at radius 2 is 1.97 bits per heavy atom. The Hall–Kier alpha value is -1.90. The molecular formula is C30H48N3OP. The van der Waals surface area contributed by atoms with Crippen molar-refractivity contribution in [1.82, 2.24) is 10.2 Å². The summed E-state index contributed by atoms with van der Waals surface area (Å²) in [5.74, 6) is 0.884. The summed E-state index contributed by atoms with van der Waals surface area (Å²) >= 11 is 0. The summed E-state index contributed by atoms with van der Waals surface area (Å²) in [4.78, 5) is 13.8. The van der Waals surface area contributed by atoms with Gasteiger partial charge in [-0.15, -0.1) is 0 Å². The summed E-state index contributed by atoms with van der Waals surface area (Å²) in [5, 5.41) is 4.87. The molecule has 35 heavy (non-hydrogen) atoms. The average Bonchev–Trinajstić information content (AvgIpc) is 2.81. The highest BCUT2D eigenvalue weighted by atomic mass is 31.1. The molecule has 1 aliphatic rings. The summed E-state index contributed by atoms with van der Waals surface area (Å²) in [6.07, 6.45) is 18.5. The minimum Gasteiger partial charge on any atom is -0.381 e. The highest BCUT2D eigenvalue weighted by Crippen LogP contribution is 2.41. The number of nitrogens with two attached hydrogens (primary N) is 1. The Kier molecular flexibility index (Phi) is 13.4. The maximum Gasteiger partial charge on any atom is 0.143 e. The Labute approximate surface area is 216 Å². The van der Waals surface area contributed by atoms with Crippen LogP contribution in [0.4, 0.5) is 0 Å². The number of unbranched alkanes of at least 4 members (excludes halogenated alkanes) is 1. The van der Waals surface area contributed by atoms with Crippen LogP contribution in [0.5, 0.6) is 0 Å². The number of aryl methyl sites for hydroxylation is 1. The summed E-state index contributed by atoms with van der Waals surface area (Å²) in [6, 6.07) is 7.31. The maximum absolute atomic E-state index is 11.5. The van der Waals surface area contributed by atoms with Crippen LogP contribution in [0.2, 0.25) is 0 Å². The number of hydrogen-bond acceptors (Lipinski definition) is 4. The van der Waals surface area contributed by atoms with Crippen molar-refractivity contribution in [2.45, 2.75) is 90.9 Å². The lowest BCUT2D eigenvalue weighted by atomic mass is 9.94. The molecule has 1 heterocycles. The van der Waals surface area contributed by atoms with Crippen molar-refractivity contribution in [2.75, 3.05) is 13.6 Å². The number of allylic oxidation sites excluding steroid dienone is 2. The molecule has 5 heteroatoms. The van der Waals surface area contributed by atoms with E-state index >= 15 is 0 Å². The van der Waals surface area contributed by atoms with Crippen molar-refractivity contribution < 1.29 is 4.79 Å². The number of nitrogens with one attached hydrogen (secondary N) is 1. The number of hydrogen-bond donors (Lipinski definition) is 2. The molecule has 194 valence electrons. The fourth-order valence-electron chi connectivity index (χ4n) is 4.71. The molecule has 0 aliphatic carbocycles. The molecule has 0 fully saturated rings. The molecule has 3 atom stereocenters. The van der Waals surface area contributed by atoms with Crippen molar-refractivity contribution in [3.8, 4) is 0 Å². The van der Waals surface area contributed by atoms with Crippen molar-refractivity contribution >= 4 is 20.2 Å². The van der Waals surface area contributed by atoms with Crippen molar-refractivity contribution in [3.05, 3.63) is 65.0 Å². The fourth-order valence-corrected chi connectivity index (χ4v) is 5.98. The van der Waals surface area contributed by atoms with Crippen LogP contribution in [-0.4, -0.2) is 36.6 Å². The number of nitrogens with zero attached hydrogens (tertiary/aromatic N) is 1. The zero-order chi connectivity index (χ0) is 25.6. The third-order valence-electron chi connectivity index (χ3n) is 6.46. The van der Waals surface area contributed by atoms with E-state index < -0.39 is 0 Å². The van der Waals surface area contributed by atoms with E-state index in [4.69, 9.17) is 5.73 Å². The lowest BCUT2D eigenvalue weighted by Gasteiger charge is -2.31. The molecule has 1 aliphatic heterocycles. The molecule has 3 unspecified atom stereocenters. The van der Waals surface area contributed by atoms with Crippen LogP contribution in [0.1, 0.15) is 82.9 Å². The van der Waals surface area contributed by atoms with Crippen LogP contribution < -0.4 is 11.1 Å². The molecule has 0 amide bonds. The van der Waals surface area contributed by atoms with Crippen LogP contribution >= 0.6 is 8.58 Å². The van der Waals surface area contributed by atoms with E-state index in [2.05, 4.69) is 81.5 Å². The van der Waals surface area contributed by atoms with Gasteiger partial charge in [0.2, 0.25) is 0 Å². The second-order valence-corrected chi connectivity index (χ2v) is 11.6. The molecule has 4 nitrogen and oxygen atoms in total. The first-order valence-corrected chi connectivity index (χ1v) is 14.6. The van der Waals surface area contributed by atoms with Crippen molar-refractivity contribution in [2.24, 2.45) is 11.7 Å². The lowest BCUT2D eigenvalue weighted by Crippen LogP contribution is -2.32. The molecule has 0 saturated carbocycles. The number of rotatable bonds is 16. The third kappa shape index (κ3) is 9.94. The van der Waals surface area contributed by atoms with Gasteiger partial charge in [0.25, 0.3) is 0 Å². The van der Waals surface area contributed by atoms with Gasteiger partial charge in [-0.3, -0.25) is 4.79 Å². The van der Waals surface area contributed by atoms with E-state index in [1.54, 1.807) is 6.08 Å². The first-order valence-electron chi connectivity index (χ1n) is 13.5. The van der Waals surface area contributed by atoms with Crippen LogP contribution in [0.3, 0.4) is 0 Å². The minimum atomic E-state index is 0.249. The monoisotopic (exact) mass is 497 g/mol. The van der Waals surface area contributed by atoms with Crippen LogP contribution in [-0.2, 0) is 17.6 Å². The summed E-state index contributed by atoms with van der Waals surface area (Å²) in [7, 11) is 2.63. The Morgan fingerprint density at radius 1 is 1.17 bits per heavy atom. The van der Waals surface area contributed by atoms with Crippen LogP contribution in [0.25, 0.3) is 5.31 Å². The molecular weight excluding hydrogens is 449 g/mol. The SMILES string of the molecule is CCCc1cc(/C(=C/C=O)PC2C=CC(NC(CCC)CCCCN)=CN2C)ccc1CC(C)C. The van der Waals surface area contributed by atoms with E-state index in [9.17, 15) is 4.79 Å². The topological polar surface area (TPSA) is 58.4 Å². The second kappa shape index (κ2) is 16.0. The van der Waals surface area contributed by atoms with E-state index in [0.717, 1.165) is 50.2 Å². The van der Waals surface area contributed by atoms with E-state index in [1.807, 2.05) is 0 Å². The van der Waals surface area contributed by atoms with Gasteiger partial charge in [0.1, 0.15) is 6.29 Å². The van der Waals surface area contributed by atoms with Crippen LogP contribution in [0, 0.1) is 5.92 Å². The highest BCUT2D eigenvalue weighted by Gasteiger charge is 2.19. The normalized spacial score (nSPS) is 17.3. The average molecular weight is 498 g/mol. The zero-order valence-corrected chi connectivity index (χ0v) is 23.6. The maximum atomic E-state index is 11.5. The molecule has 0 aromatic heterocycles. The number of carbonyl (C=O) groups excluding carboxylic acids is 1. The predicted octanol–water partition coefficient (Wildman–Crippen LogP) is 6.61. The molecule has 0 saturated heterocycles. The molecule has 0 spiro atoms. The first kappa shape index (κ1) is 29.3. The molecule has 1 aromatic rings. The minimum absolute atomic E-state index is 0.249. The van der Waals surface area contributed by atoms with Crippen LogP contribution in [0.15, 0.2) is 48.3 Å². The smallest absolute Gasteiger partial charge is 0.143 e. The third-order valence-corrected chi connectivity index (χ3v) is 8.12. The molecule has 3 N–H and O–H groups in total. The summed E-state index contributed by atoms with van der Waals surface area (Å²) in [5.41, 5.74) is 10.9. The van der Waals surface area contributed by atoms with Gasteiger partial charge in [-0.1, -0.05) is 79.8 Å². The van der Waals surface area contributed by atoms with Gasteiger partial charge in [0, 0.05) is 19.3 Å². The van der Waals surface area contributed by atoms with Gasteiger partial charge in [0.15, 0.2) is 0 Å². The van der Waals surface area contributed by atoms with Gasteiger partial charge in [0.05, 0.1) is 11.5 Å². The van der Waals surface area contributed by atoms with Gasteiger partial charge < -0.3 is 16.0 Å². The quantitative estimate of drug-likeness (QED) is 0.117. The number of likely N-dealkylation sites (N-methyl/N-ethyl adjacent to an activating group) is 1. The Balaban J connectivity index is 2.12. The van der Waals surface area contributed by atoms with E-state index in [1.165, 1.54) is 41.6 Å². The second-order valence-electron chi connectivity index (χ2n) is 10.2. The van der Waals surface area contributed by atoms with E-state index in [0.29, 0.717) is 20.5 Å². The number of benzene rings is 1. The molecule has 0 radical (unpaired) electrons. The lowest BCUT2D eigenvalue weighted by molar-refractivity contribution is -0.104. The fraction of sp³-hybridized carbons (Fsp3) is 0.567. The summed E-state index contributed by atoms with van der Waals surface area (Å²) < 4.78 is 0. The molecule has 0 bridgehead atoms. The Morgan fingerprint density at radius 3 is 2.60 bits per heavy atom. The highest BCUT2D eigenvalue weighted by molar-refractivity contribution is 7.51. The van der Waals surface area contributed by atoms with Gasteiger partial charge in [-0.2, -0.15) is 0 Å². The Bertz CT molecular complexity index is 874. The predicted molar refractivity (Wildman–Crippen MR) is 155 cm³/mol. The largest absolute Gasteiger partial charge is 0.381 e.